The number of hydroxylamine groups is 2. The van der Waals surface area contributed by atoms with Gasteiger partial charge in [-0.25, -0.2) is 4.99 Å². The van der Waals surface area contributed by atoms with Crippen LogP contribution in [-0.2, 0) is 11.4 Å². The van der Waals surface area contributed by atoms with Crippen molar-refractivity contribution in [2.75, 3.05) is 14.1 Å². The number of amides is 1. The van der Waals surface area contributed by atoms with Crippen LogP contribution in [0.4, 0.5) is 0 Å². The van der Waals surface area contributed by atoms with Gasteiger partial charge in [0.05, 0.1) is 0 Å². The van der Waals surface area contributed by atoms with Gasteiger partial charge < -0.3 is 16.4 Å². The number of carbonyl (C=O) groups is 1. The molecular weight excluding hydrogens is 296 g/mol. The minimum atomic E-state index is -0.757. The minimum Gasteiger partial charge on any atom is -0.368 e. The molecule has 1 heterocycles. The van der Waals surface area contributed by atoms with E-state index in [1.54, 1.807) is 26.2 Å². The molecule has 1 aliphatic rings. The molecule has 0 spiro atoms. The number of carbonyl (C=O) groups excluding carboxylic acids is 1. The van der Waals surface area contributed by atoms with Gasteiger partial charge in [-0.05, 0) is 31.5 Å². The summed E-state index contributed by atoms with van der Waals surface area (Å²) in [6.45, 7) is 3.85. The van der Waals surface area contributed by atoms with Crippen LogP contribution in [0.5, 0.6) is 0 Å². The van der Waals surface area contributed by atoms with Gasteiger partial charge in [0.15, 0.2) is 5.66 Å². The lowest BCUT2D eigenvalue weighted by Crippen LogP contribution is -2.53. The van der Waals surface area contributed by atoms with Gasteiger partial charge in [-0.3, -0.25) is 9.63 Å². The van der Waals surface area contributed by atoms with Crippen LogP contribution < -0.4 is 11.5 Å². The fraction of sp³-hybridized carbons (Fsp3) is 0.400. The maximum absolute atomic E-state index is 12.0. The second-order valence-electron chi connectivity index (χ2n) is 5.90. The number of hydrogen-bond donors (Lipinski definition) is 2. The molecule has 0 atom stereocenters. The Kier molecular flexibility index (Phi) is 4.55. The molecule has 1 aliphatic heterocycles. The standard InChI is InChI=1S/C15H22N6O2/c1-15(2)19-13(16)18-14(17)21(15)23-9-10-6-5-7-11(8-10)12(22)20(3)4/h5-8H,9H2,1-4H3,(H4,16,17,18,19). The number of rotatable bonds is 4. The Balaban J connectivity index is 2.11. The molecule has 0 aliphatic carbocycles. The number of benzene rings is 1. The van der Waals surface area contributed by atoms with Crippen molar-refractivity contribution in [2.24, 2.45) is 21.5 Å². The van der Waals surface area contributed by atoms with Crippen molar-refractivity contribution < 1.29 is 9.63 Å². The van der Waals surface area contributed by atoms with Gasteiger partial charge >= 0.3 is 0 Å². The van der Waals surface area contributed by atoms with E-state index >= 15 is 0 Å². The maximum Gasteiger partial charge on any atom is 0.253 e. The molecule has 124 valence electrons. The van der Waals surface area contributed by atoms with E-state index in [1.165, 1.54) is 9.96 Å². The van der Waals surface area contributed by atoms with Crippen LogP contribution in [0, 0.1) is 0 Å². The van der Waals surface area contributed by atoms with Gasteiger partial charge in [0.2, 0.25) is 11.9 Å². The van der Waals surface area contributed by atoms with E-state index in [2.05, 4.69) is 9.98 Å². The molecule has 0 saturated carbocycles. The number of guanidine groups is 2. The molecule has 0 fully saturated rings. The van der Waals surface area contributed by atoms with Crippen LogP contribution >= 0.6 is 0 Å². The number of hydrogen-bond acceptors (Lipinski definition) is 7. The number of nitrogens with zero attached hydrogens (tertiary/aromatic N) is 4. The van der Waals surface area contributed by atoms with Crippen LogP contribution in [0.3, 0.4) is 0 Å². The van der Waals surface area contributed by atoms with Crippen LogP contribution in [0.1, 0.15) is 29.8 Å². The van der Waals surface area contributed by atoms with Crippen molar-refractivity contribution in [1.82, 2.24) is 9.96 Å². The van der Waals surface area contributed by atoms with Crippen LogP contribution in [0.2, 0.25) is 0 Å². The maximum atomic E-state index is 12.0. The second kappa shape index (κ2) is 6.25. The summed E-state index contributed by atoms with van der Waals surface area (Å²) >= 11 is 0. The van der Waals surface area contributed by atoms with E-state index in [9.17, 15) is 4.79 Å². The molecule has 2 rings (SSSR count). The monoisotopic (exact) mass is 318 g/mol. The predicted octanol–water partition coefficient (Wildman–Crippen LogP) is 0.501. The quantitative estimate of drug-likeness (QED) is 0.840. The summed E-state index contributed by atoms with van der Waals surface area (Å²) in [5.41, 5.74) is 12.1. The predicted molar refractivity (Wildman–Crippen MR) is 88.4 cm³/mol. The highest BCUT2D eigenvalue weighted by Crippen LogP contribution is 2.21. The summed E-state index contributed by atoms with van der Waals surface area (Å²) in [4.78, 5) is 27.3. The molecular formula is C15H22N6O2. The molecule has 8 nitrogen and oxygen atoms in total. The second-order valence-corrected chi connectivity index (χ2v) is 5.90. The molecule has 0 unspecified atom stereocenters. The van der Waals surface area contributed by atoms with Gasteiger partial charge in [-0.15, -0.1) is 0 Å². The third-order valence-electron chi connectivity index (χ3n) is 3.26. The Labute approximate surface area is 135 Å². The molecule has 1 aromatic rings. The fourth-order valence-corrected chi connectivity index (χ4v) is 2.21. The first-order chi connectivity index (χ1) is 10.7. The molecule has 23 heavy (non-hydrogen) atoms. The first kappa shape index (κ1) is 16.8. The summed E-state index contributed by atoms with van der Waals surface area (Å²) in [5, 5.41) is 1.41. The average molecular weight is 318 g/mol. The van der Waals surface area contributed by atoms with Crippen LogP contribution in [-0.4, -0.2) is 47.5 Å². The molecule has 8 heteroatoms. The highest BCUT2D eigenvalue weighted by molar-refractivity contribution is 5.95. The normalized spacial score (nSPS) is 16.6. The molecule has 0 radical (unpaired) electrons. The smallest absolute Gasteiger partial charge is 0.253 e. The first-order valence-electron chi connectivity index (χ1n) is 7.14. The Morgan fingerprint density at radius 1 is 1.35 bits per heavy atom. The number of nitrogens with two attached hydrogens (primary N) is 2. The third kappa shape index (κ3) is 3.78. The lowest BCUT2D eigenvalue weighted by atomic mass is 10.1. The molecule has 1 amide bonds. The Bertz CT molecular complexity index is 666. The van der Waals surface area contributed by atoms with Crippen molar-refractivity contribution in [3.8, 4) is 0 Å². The Hall–Kier alpha value is -2.61. The molecule has 1 aromatic carbocycles. The van der Waals surface area contributed by atoms with Gasteiger partial charge in [0.1, 0.15) is 6.61 Å². The van der Waals surface area contributed by atoms with Crippen molar-refractivity contribution in [3.63, 3.8) is 0 Å². The summed E-state index contributed by atoms with van der Waals surface area (Å²) in [5.74, 6) is 0.192. The lowest BCUT2D eigenvalue weighted by molar-refractivity contribution is -0.166. The third-order valence-corrected chi connectivity index (χ3v) is 3.26. The van der Waals surface area contributed by atoms with Crippen molar-refractivity contribution >= 4 is 17.8 Å². The van der Waals surface area contributed by atoms with E-state index < -0.39 is 5.66 Å². The van der Waals surface area contributed by atoms with E-state index in [0.717, 1.165) is 5.56 Å². The van der Waals surface area contributed by atoms with Gasteiger partial charge in [-0.2, -0.15) is 10.1 Å². The fourth-order valence-electron chi connectivity index (χ4n) is 2.21. The van der Waals surface area contributed by atoms with E-state index in [-0.39, 0.29) is 24.4 Å². The SMILES string of the molecule is CN(C)C(=O)c1cccc(CON2C(N)=NC(N)=NC2(C)C)c1. The molecule has 0 saturated heterocycles. The minimum absolute atomic E-state index is 0.0661. The topological polar surface area (TPSA) is 110 Å². The first-order valence-corrected chi connectivity index (χ1v) is 7.14. The van der Waals surface area contributed by atoms with Gasteiger partial charge in [0.25, 0.3) is 5.91 Å². The molecule has 4 N–H and O–H groups in total. The van der Waals surface area contributed by atoms with Gasteiger partial charge in [0, 0.05) is 19.7 Å². The zero-order chi connectivity index (χ0) is 17.2. The molecule has 0 bridgehead atoms. The van der Waals surface area contributed by atoms with Crippen molar-refractivity contribution in [1.29, 1.82) is 0 Å². The van der Waals surface area contributed by atoms with Crippen LogP contribution in [0.25, 0.3) is 0 Å². The van der Waals surface area contributed by atoms with Crippen molar-refractivity contribution in [3.05, 3.63) is 35.4 Å². The van der Waals surface area contributed by atoms with E-state index in [4.69, 9.17) is 16.3 Å². The van der Waals surface area contributed by atoms with Crippen molar-refractivity contribution in [2.45, 2.75) is 26.1 Å². The highest BCUT2D eigenvalue weighted by atomic mass is 16.7. The molecule has 0 aromatic heterocycles. The zero-order valence-electron chi connectivity index (χ0n) is 13.8. The summed E-state index contributed by atoms with van der Waals surface area (Å²) in [7, 11) is 3.42. The van der Waals surface area contributed by atoms with E-state index in [1.807, 2.05) is 26.0 Å². The Morgan fingerprint density at radius 2 is 2.04 bits per heavy atom. The highest BCUT2D eigenvalue weighted by Gasteiger charge is 2.33. The average Bonchev–Trinajstić information content (AvgIpc) is 2.44. The van der Waals surface area contributed by atoms with Crippen LogP contribution in [0.15, 0.2) is 34.3 Å². The van der Waals surface area contributed by atoms with Gasteiger partial charge in [-0.1, -0.05) is 12.1 Å². The lowest BCUT2D eigenvalue weighted by Gasteiger charge is -2.36. The summed E-state index contributed by atoms with van der Waals surface area (Å²) in [6.07, 6.45) is 0. The Morgan fingerprint density at radius 3 is 2.65 bits per heavy atom. The zero-order valence-corrected chi connectivity index (χ0v) is 13.8. The summed E-state index contributed by atoms with van der Waals surface area (Å²) in [6, 6.07) is 7.22. The van der Waals surface area contributed by atoms with E-state index in [0.29, 0.717) is 5.56 Å². The summed E-state index contributed by atoms with van der Waals surface area (Å²) < 4.78 is 0. The largest absolute Gasteiger partial charge is 0.368 e. The number of aliphatic imine (C=N–C) groups is 2.